The largest absolute Gasteiger partial charge is 0.325 e. The van der Waals surface area contributed by atoms with Crippen LogP contribution in [-0.2, 0) is 4.79 Å². The van der Waals surface area contributed by atoms with E-state index in [-0.39, 0.29) is 17.3 Å². The number of fused-ring (bicyclic) bond motifs is 3. The first-order valence-corrected chi connectivity index (χ1v) is 9.83. The second-order valence-electron chi connectivity index (χ2n) is 6.32. The van der Waals surface area contributed by atoms with Crippen molar-refractivity contribution in [1.29, 1.82) is 0 Å². The monoisotopic (exact) mass is 397 g/mol. The normalized spacial score (nSPS) is 15.1. The van der Waals surface area contributed by atoms with Crippen molar-refractivity contribution in [3.05, 3.63) is 70.3 Å². The number of para-hydroxylation sites is 1. The number of hydrogen-bond donors (Lipinski definition) is 1. The molecule has 1 aliphatic heterocycles. The maximum atomic E-state index is 13.5. The molecule has 2 heterocycles. The number of carbonyl (C=O) groups excluding carboxylic acids is 1. The summed E-state index contributed by atoms with van der Waals surface area (Å²) in [5.74, 6) is 0.156. The van der Waals surface area contributed by atoms with Crippen molar-refractivity contribution >= 4 is 23.4 Å². The van der Waals surface area contributed by atoms with Crippen molar-refractivity contribution in [3.63, 3.8) is 0 Å². The number of aromatic amines is 1. The number of nitrogens with zero attached hydrogens (tertiary/aromatic N) is 3. The molecule has 0 saturated heterocycles. The van der Waals surface area contributed by atoms with E-state index in [2.05, 4.69) is 10.1 Å². The van der Waals surface area contributed by atoms with Crippen LogP contribution >= 0.6 is 11.8 Å². The highest BCUT2D eigenvalue weighted by Crippen LogP contribution is 2.37. The highest BCUT2D eigenvalue weighted by Gasteiger charge is 2.44. The molecule has 1 N–H and O–H groups in total. The molecule has 0 bridgehead atoms. The molecule has 0 spiro atoms. The highest BCUT2D eigenvalue weighted by molar-refractivity contribution is 7.99. The van der Waals surface area contributed by atoms with Crippen LogP contribution in [0.3, 0.4) is 0 Å². The Hall–Kier alpha value is -3.00. The van der Waals surface area contributed by atoms with Crippen LogP contribution in [0.15, 0.2) is 58.5 Å². The Morgan fingerprint density at radius 1 is 1.25 bits per heavy atom. The molecule has 8 heteroatoms. The quantitative estimate of drug-likeness (QED) is 0.545. The fourth-order valence-electron chi connectivity index (χ4n) is 3.45. The van der Waals surface area contributed by atoms with E-state index in [1.165, 1.54) is 30.8 Å². The summed E-state index contributed by atoms with van der Waals surface area (Å²) in [6, 6.07) is 13.1. The fourth-order valence-corrected chi connectivity index (χ4v) is 4.03. The zero-order valence-electron chi connectivity index (χ0n) is 15.3. The predicted octanol–water partition coefficient (Wildman–Crippen LogP) is 2.89. The van der Waals surface area contributed by atoms with Gasteiger partial charge in [-0.25, -0.2) is 9.29 Å². The molecule has 0 radical (unpaired) electrons. The maximum absolute atomic E-state index is 13.5. The molecule has 1 aliphatic rings. The van der Waals surface area contributed by atoms with E-state index in [4.69, 9.17) is 0 Å². The van der Waals surface area contributed by atoms with Gasteiger partial charge >= 0.3 is 11.3 Å². The van der Waals surface area contributed by atoms with Crippen molar-refractivity contribution in [2.75, 3.05) is 10.7 Å². The SMILES string of the molecule is CCSc1n[n+]2c(c(=O)[nH]1)-c1ccccc1N(C(C)=O)[C@H]2c1ccc(F)cc1. The fraction of sp³-hybridized carbons (Fsp3) is 0.200. The van der Waals surface area contributed by atoms with Gasteiger partial charge in [-0.2, -0.15) is 0 Å². The van der Waals surface area contributed by atoms with Gasteiger partial charge in [-0.3, -0.25) is 14.6 Å². The average molecular weight is 397 g/mol. The lowest BCUT2D eigenvalue weighted by Gasteiger charge is -2.31. The third-order valence-corrected chi connectivity index (χ3v) is 5.29. The Kier molecular flexibility index (Phi) is 4.72. The zero-order chi connectivity index (χ0) is 19.8. The van der Waals surface area contributed by atoms with Gasteiger partial charge in [0.05, 0.1) is 11.3 Å². The molecule has 3 aromatic rings. The van der Waals surface area contributed by atoms with Crippen LogP contribution in [0.2, 0.25) is 0 Å². The second kappa shape index (κ2) is 7.20. The van der Waals surface area contributed by atoms with E-state index < -0.39 is 6.17 Å². The van der Waals surface area contributed by atoms with E-state index in [1.807, 2.05) is 19.1 Å². The minimum Gasteiger partial charge on any atom is -0.291 e. The van der Waals surface area contributed by atoms with Crippen LogP contribution in [0.4, 0.5) is 10.1 Å². The molecule has 1 amide bonds. The molecule has 2 aromatic carbocycles. The number of hydrogen-bond acceptors (Lipinski definition) is 4. The summed E-state index contributed by atoms with van der Waals surface area (Å²) in [5, 5.41) is 5.08. The van der Waals surface area contributed by atoms with Gasteiger partial charge in [-0.1, -0.05) is 30.8 Å². The van der Waals surface area contributed by atoms with Crippen molar-refractivity contribution in [2.24, 2.45) is 0 Å². The van der Waals surface area contributed by atoms with E-state index >= 15 is 0 Å². The molecule has 0 saturated carbocycles. The Balaban J connectivity index is 2.06. The number of nitrogens with one attached hydrogen (secondary N) is 1. The van der Waals surface area contributed by atoms with Gasteiger partial charge in [0.25, 0.3) is 6.17 Å². The molecule has 4 rings (SSSR count). The predicted molar refractivity (Wildman–Crippen MR) is 105 cm³/mol. The third kappa shape index (κ3) is 2.99. The first-order chi connectivity index (χ1) is 13.5. The molecular formula is C20H18FN4O2S+. The van der Waals surface area contributed by atoms with Crippen molar-refractivity contribution in [3.8, 4) is 11.3 Å². The average Bonchev–Trinajstić information content (AvgIpc) is 2.67. The molecule has 28 heavy (non-hydrogen) atoms. The van der Waals surface area contributed by atoms with E-state index in [0.29, 0.717) is 27.7 Å². The molecule has 6 nitrogen and oxygen atoms in total. The third-order valence-electron chi connectivity index (χ3n) is 4.55. The Labute approximate surface area is 165 Å². The first-order valence-electron chi connectivity index (χ1n) is 8.85. The summed E-state index contributed by atoms with van der Waals surface area (Å²) in [7, 11) is 0. The number of rotatable bonds is 3. The van der Waals surface area contributed by atoms with Crippen molar-refractivity contribution < 1.29 is 13.9 Å². The summed E-state index contributed by atoms with van der Waals surface area (Å²) >= 11 is 1.40. The topological polar surface area (TPSA) is 69.9 Å². The number of anilines is 1. The number of halogens is 1. The Morgan fingerprint density at radius 3 is 2.64 bits per heavy atom. The van der Waals surface area contributed by atoms with Gasteiger partial charge in [-0.15, -0.1) is 0 Å². The zero-order valence-corrected chi connectivity index (χ0v) is 16.2. The van der Waals surface area contributed by atoms with E-state index in [0.717, 1.165) is 5.75 Å². The number of aromatic nitrogens is 3. The maximum Gasteiger partial charge on any atom is 0.325 e. The van der Waals surface area contributed by atoms with Crippen LogP contribution in [0.5, 0.6) is 0 Å². The van der Waals surface area contributed by atoms with Gasteiger partial charge in [0.15, 0.2) is 0 Å². The molecule has 1 atom stereocenters. The van der Waals surface area contributed by atoms with Crippen LogP contribution in [-0.4, -0.2) is 21.7 Å². The lowest BCUT2D eigenvalue weighted by atomic mass is 10.0. The molecule has 1 aromatic heterocycles. The minimum atomic E-state index is -0.693. The second-order valence-corrected chi connectivity index (χ2v) is 7.57. The van der Waals surface area contributed by atoms with Crippen LogP contribution in [0.1, 0.15) is 25.6 Å². The first kappa shape index (κ1) is 18.4. The summed E-state index contributed by atoms with van der Waals surface area (Å²) in [5.41, 5.74) is 1.98. The molecule has 0 unspecified atom stereocenters. The van der Waals surface area contributed by atoms with Crippen LogP contribution in [0.25, 0.3) is 11.3 Å². The number of H-pyrrole nitrogens is 1. The molecule has 0 fully saturated rings. The highest BCUT2D eigenvalue weighted by atomic mass is 32.2. The van der Waals surface area contributed by atoms with Crippen LogP contribution in [0, 0.1) is 5.82 Å². The molecular weight excluding hydrogens is 379 g/mol. The van der Waals surface area contributed by atoms with Crippen molar-refractivity contribution in [2.45, 2.75) is 25.2 Å². The van der Waals surface area contributed by atoms with Gasteiger partial charge < -0.3 is 0 Å². The number of amides is 1. The summed E-state index contributed by atoms with van der Waals surface area (Å²) in [6.45, 7) is 3.43. The van der Waals surface area contributed by atoms with Crippen LogP contribution < -0.4 is 15.1 Å². The minimum absolute atomic E-state index is 0.202. The summed E-state index contributed by atoms with van der Waals surface area (Å²) < 4.78 is 15.1. The summed E-state index contributed by atoms with van der Waals surface area (Å²) in [6.07, 6.45) is -0.693. The lowest BCUT2D eigenvalue weighted by molar-refractivity contribution is -0.763. The van der Waals surface area contributed by atoms with Gasteiger partial charge in [0.2, 0.25) is 11.1 Å². The smallest absolute Gasteiger partial charge is 0.291 e. The van der Waals surface area contributed by atoms with Gasteiger partial charge in [0, 0.05) is 17.6 Å². The Morgan fingerprint density at radius 2 is 1.96 bits per heavy atom. The van der Waals surface area contributed by atoms with Gasteiger partial charge in [-0.05, 0) is 46.8 Å². The van der Waals surface area contributed by atoms with E-state index in [9.17, 15) is 14.0 Å². The molecule has 142 valence electrons. The number of carbonyl (C=O) groups is 1. The lowest BCUT2D eigenvalue weighted by Crippen LogP contribution is -2.60. The standard InChI is InChI=1S/C20H17FN4O2S/c1-3-28-20-22-18(27)17-15-6-4-5-7-16(15)24(12(2)26)19(25(17)23-20)13-8-10-14(21)11-9-13/h4-11,19H,3H2,1-2H3/p+1/t19-/m1/s1. The number of benzene rings is 2. The summed E-state index contributed by atoms with van der Waals surface area (Å²) in [4.78, 5) is 30.0. The van der Waals surface area contributed by atoms with Crippen molar-refractivity contribution in [1.82, 2.24) is 10.1 Å². The Bertz CT molecular complexity index is 1110. The van der Waals surface area contributed by atoms with Gasteiger partial charge in [0.1, 0.15) is 5.82 Å². The molecule has 0 aliphatic carbocycles. The number of thioether (sulfide) groups is 1. The van der Waals surface area contributed by atoms with E-state index in [1.54, 1.807) is 33.8 Å².